The van der Waals surface area contributed by atoms with E-state index in [1.165, 1.54) is 11.3 Å². The van der Waals surface area contributed by atoms with E-state index in [0.29, 0.717) is 4.88 Å². The predicted molar refractivity (Wildman–Crippen MR) is 54.8 cm³/mol. The second kappa shape index (κ2) is 5.47. The third kappa shape index (κ3) is 3.34. The molecular weight excluding hydrogens is 218 g/mol. The smallest absolute Gasteiger partial charge is 0.409 e. The van der Waals surface area contributed by atoms with Gasteiger partial charge in [-0.15, -0.1) is 11.3 Å². The van der Waals surface area contributed by atoms with E-state index in [0.717, 1.165) is 0 Å². The van der Waals surface area contributed by atoms with Crippen LogP contribution in [0.25, 0.3) is 0 Å². The molecule has 6 heteroatoms. The zero-order chi connectivity index (χ0) is 11.3. The van der Waals surface area contributed by atoms with Gasteiger partial charge in [0, 0.05) is 0 Å². The maximum atomic E-state index is 11.4. The Morgan fingerprint density at radius 1 is 1.67 bits per heavy atom. The molecule has 0 saturated heterocycles. The summed E-state index contributed by atoms with van der Waals surface area (Å²) in [7, 11) is 0. The van der Waals surface area contributed by atoms with Gasteiger partial charge in [-0.25, -0.2) is 4.79 Å². The molecule has 0 saturated carbocycles. The first-order valence-electron chi connectivity index (χ1n) is 4.34. The zero-order valence-electron chi connectivity index (χ0n) is 8.10. The molecule has 0 aliphatic heterocycles. The number of Topliss-reactive ketones (excluding diaryl/α,β-unsaturated/α-hetero) is 1. The van der Waals surface area contributed by atoms with Gasteiger partial charge in [-0.05, 0) is 18.4 Å². The number of nitrogens with one attached hydrogen (secondary N) is 1. The monoisotopic (exact) mass is 229 g/mol. The second-order valence-electron chi connectivity index (χ2n) is 2.61. The van der Waals surface area contributed by atoms with Crippen LogP contribution in [0.5, 0.6) is 0 Å². The molecule has 0 fully saturated rings. The lowest BCUT2D eigenvalue weighted by Crippen LogP contribution is -2.40. The molecule has 0 aromatic carbocycles. The first-order chi connectivity index (χ1) is 7.15. The summed E-state index contributed by atoms with van der Waals surface area (Å²) in [4.78, 5) is 22.7. The predicted octanol–water partition coefficient (Wildman–Crippen LogP) is 0.995. The molecule has 0 aliphatic rings. The fourth-order valence-electron chi connectivity index (χ4n) is 0.903. The van der Waals surface area contributed by atoms with Crippen molar-refractivity contribution in [1.29, 1.82) is 0 Å². The SMILES string of the molecule is CCOC(=O)N[C@@H](O)C(=O)c1cccs1. The van der Waals surface area contributed by atoms with Crippen molar-refractivity contribution in [3.05, 3.63) is 22.4 Å². The molecule has 1 amide bonds. The molecule has 0 radical (unpaired) electrons. The van der Waals surface area contributed by atoms with Crippen LogP contribution >= 0.6 is 11.3 Å². The average Bonchev–Trinajstić information content (AvgIpc) is 2.69. The maximum absolute atomic E-state index is 11.4. The highest BCUT2D eigenvalue weighted by Gasteiger charge is 2.20. The Hall–Kier alpha value is -1.40. The van der Waals surface area contributed by atoms with Crippen LogP contribution in [0.3, 0.4) is 0 Å². The van der Waals surface area contributed by atoms with Crippen molar-refractivity contribution in [1.82, 2.24) is 5.32 Å². The fraction of sp³-hybridized carbons (Fsp3) is 0.333. The molecule has 1 aromatic rings. The van der Waals surface area contributed by atoms with Crippen LogP contribution in [0.4, 0.5) is 4.79 Å². The van der Waals surface area contributed by atoms with Crippen LogP contribution in [-0.4, -0.2) is 29.8 Å². The molecule has 0 bridgehead atoms. The maximum Gasteiger partial charge on any atom is 0.409 e. The van der Waals surface area contributed by atoms with Crippen LogP contribution in [-0.2, 0) is 4.74 Å². The topological polar surface area (TPSA) is 75.6 Å². The second-order valence-corrected chi connectivity index (χ2v) is 3.56. The largest absolute Gasteiger partial charge is 0.450 e. The fourth-order valence-corrected chi connectivity index (χ4v) is 1.59. The quantitative estimate of drug-likeness (QED) is 0.596. The molecule has 1 atom stereocenters. The number of ketones is 1. The Kier molecular flexibility index (Phi) is 4.26. The molecule has 1 rings (SSSR count). The number of carbonyl (C=O) groups is 2. The zero-order valence-corrected chi connectivity index (χ0v) is 8.91. The van der Waals surface area contributed by atoms with E-state index in [9.17, 15) is 14.7 Å². The lowest BCUT2D eigenvalue weighted by molar-refractivity contribution is 0.0639. The highest BCUT2D eigenvalue weighted by molar-refractivity contribution is 7.12. The number of thiophene rings is 1. The Morgan fingerprint density at radius 2 is 2.40 bits per heavy atom. The Morgan fingerprint density at radius 3 is 2.93 bits per heavy atom. The van der Waals surface area contributed by atoms with E-state index >= 15 is 0 Å². The van der Waals surface area contributed by atoms with E-state index in [4.69, 9.17) is 0 Å². The molecule has 82 valence electrons. The van der Waals surface area contributed by atoms with E-state index in [1.54, 1.807) is 24.4 Å². The van der Waals surface area contributed by atoms with Crippen molar-refractivity contribution >= 4 is 23.2 Å². The van der Waals surface area contributed by atoms with E-state index in [2.05, 4.69) is 4.74 Å². The van der Waals surface area contributed by atoms with Gasteiger partial charge in [0.2, 0.25) is 5.78 Å². The standard InChI is InChI=1S/C9H11NO4S/c1-2-14-9(13)10-8(12)7(11)6-4-3-5-15-6/h3-5,8,12H,2H2,1H3,(H,10,13)/t8-/m0/s1. The summed E-state index contributed by atoms with van der Waals surface area (Å²) in [5.41, 5.74) is 0. The number of carbonyl (C=O) groups excluding carboxylic acids is 2. The molecule has 1 aromatic heterocycles. The number of alkyl carbamates (subject to hydrolysis) is 1. The lowest BCUT2D eigenvalue weighted by atomic mass is 10.3. The first-order valence-corrected chi connectivity index (χ1v) is 5.22. The highest BCUT2D eigenvalue weighted by Crippen LogP contribution is 2.10. The van der Waals surface area contributed by atoms with Crippen molar-refractivity contribution < 1.29 is 19.4 Å². The highest BCUT2D eigenvalue weighted by atomic mass is 32.1. The summed E-state index contributed by atoms with van der Waals surface area (Å²) in [6.45, 7) is 1.82. The number of hydrogen-bond acceptors (Lipinski definition) is 5. The van der Waals surface area contributed by atoms with Gasteiger partial charge in [0.25, 0.3) is 0 Å². The van der Waals surface area contributed by atoms with Crippen LogP contribution in [0, 0.1) is 0 Å². The Bertz CT molecular complexity index is 336. The Balaban J connectivity index is 2.51. The van der Waals surface area contributed by atoms with Gasteiger partial charge in [-0.1, -0.05) is 6.07 Å². The van der Waals surface area contributed by atoms with E-state index in [1.807, 2.05) is 5.32 Å². The van der Waals surface area contributed by atoms with Gasteiger partial charge in [-0.2, -0.15) is 0 Å². The van der Waals surface area contributed by atoms with Crippen molar-refractivity contribution in [3.8, 4) is 0 Å². The third-order valence-electron chi connectivity index (χ3n) is 1.54. The molecule has 0 aliphatic carbocycles. The van der Waals surface area contributed by atoms with Gasteiger partial charge in [0.15, 0.2) is 6.23 Å². The van der Waals surface area contributed by atoms with E-state index < -0.39 is 18.1 Å². The number of hydrogen-bond donors (Lipinski definition) is 2. The van der Waals surface area contributed by atoms with Crippen molar-refractivity contribution in [3.63, 3.8) is 0 Å². The molecule has 0 unspecified atom stereocenters. The molecule has 5 nitrogen and oxygen atoms in total. The number of amides is 1. The van der Waals surface area contributed by atoms with Gasteiger partial charge in [0.1, 0.15) is 0 Å². The third-order valence-corrected chi connectivity index (χ3v) is 2.43. The van der Waals surface area contributed by atoms with Crippen molar-refractivity contribution in [2.75, 3.05) is 6.61 Å². The van der Waals surface area contributed by atoms with Gasteiger partial charge < -0.3 is 9.84 Å². The molecule has 0 spiro atoms. The molecule has 15 heavy (non-hydrogen) atoms. The first kappa shape index (κ1) is 11.7. The van der Waals surface area contributed by atoms with Gasteiger partial charge in [-0.3, -0.25) is 10.1 Å². The van der Waals surface area contributed by atoms with Crippen molar-refractivity contribution in [2.45, 2.75) is 13.2 Å². The Labute approximate surface area is 90.7 Å². The van der Waals surface area contributed by atoms with Gasteiger partial charge >= 0.3 is 6.09 Å². The van der Waals surface area contributed by atoms with Crippen LogP contribution in [0.15, 0.2) is 17.5 Å². The minimum atomic E-state index is -1.55. The number of ether oxygens (including phenoxy) is 1. The van der Waals surface area contributed by atoms with Crippen LogP contribution in [0.2, 0.25) is 0 Å². The van der Waals surface area contributed by atoms with Crippen molar-refractivity contribution in [2.24, 2.45) is 0 Å². The van der Waals surface area contributed by atoms with Crippen LogP contribution in [0.1, 0.15) is 16.6 Å². The normalized spacial score (nSPS) is 11.9. The summed E-state index contributed by atoms with van der Waals surface area (Å²) in [5.74, 6) is -0.543. The minimum absolute atomic E-state index is 0.186. The summed E-state index contributed by atoms with van der Waals surface area (Å²) in [6, 6.07) is 3.26. The number of aliphatic hydroxyl groups is 1. The number of aliphatic hydroxyl groups excluding tert-OH is 1. The average molecular weight is 229 g/mol. The minimum Gasteiger partial charge on any atom is -0.450 e. The molecule has 1 heterocycles. The summed E-state index contributed by atoms with van der Waals surface area (Å²) < 4.78 is 4.52. The summed E-state index contributed by atoms with van der Waals surface area (Å²) in [5, 5.41) is 13.1. The van der Waals surface area contributed by atoms with Crippen LogP contribution < -0.4 is 5.32 Å². The molecular formula is C9H11NO4S. The summed E-state index contributed by atoms with van der Waals surface area (Å²) in [6.07, 6.45) is -2.36. The lowest BCUT2D eigenvalue weighted by Gasteiger charge is -2.10. The summed E-state index contributed by atoms with van der Waals surface area (Å²) >= 11 is 1.20. The van der Waals surface area contributed by atoms with Gasteiger partial charge in [0.05, 0.1) is 11.5 Å². The van der Waals surface area contributed by atoms with E-state index in [-0.39, 0.29) is 6.61 Å². The number of rotatable bonds is 4. The molecule has 2 N–H and O–H groups in total.